The first kappa shape index (κ1) is 10.6. The van der Waals surface area contributed by atoms with Crippen molar-refractivity contribution in [2.75, 3.05) is 0 Å². The smallest absolute Gasteiger partial charge is 0.0885 e. The zero-order chi connectivity index (χ0) is 9.26. The van der Waals surface area contributed by atoms with Crippen LogP contribution in [-0.2, 0) is 0 Å². The molecule has 2 aromatic rings. The van der Waals surface area contributed by atoms with Gasteiger partial charge in [0.05, 0.1) is 11.7 Å². The fourth-order valence-electron chi connectivity index (χ4n) is 1.31. The highest BCUT2D eigenvalue weighted by Crippen LogP contribution is 2.16. The van der Waals surface area contributed by atoms with E-state index in [9.17, 15) is 0 Å². The summed E-state index contributed by atoms with van der Waals surface area (Å²) in [6.07, 6.45) is 3.63. The van der Waals surface area contributed by atoms with E-state index in [0.717, 1.165) is 11.2 Å². The number of pyridine rings is 2. The van der Waals surface area contributed by atoms with Gasteiger partial charge in [-0.3, -0.25) is 9.97 Å². The fraction of sp³-hybridized carbons (Fsp3) is 0.333. The Balaban J connectivity index is 0.000000980. The van der Waals surface area contributed by atoms with Gasteiger partial charge in [-0.15, -0.1) is 0 Å². The summed E-state index contributed by atoms with van der Waals surface area (Å²) in [7, 11) is 0. The van der Waals surface area contributed by atoms with E-state index in [1.165, 1.54) is 5.39 Å². The van der Waals surface area contributed by atoms with Crippen LogP contribution in [0.5, 0.6) is 0 Å². The van der Waals surface area contributed by atoms with Crippen LogP contribution >= 0.6 is 0 Å². The third-order valence-electron chi connectivity index (χ3n) is 2.10. The molecule has 0 aliphatic rings. The van der Waals surface area contributed by atoms with Gasteiger partial charge in [-0.25, -0.2) is 0 Å². The quantitative estimate of drug-likeness (QED) is 0.685. The summed E-state index contributed by atoms with van der Waals surface area (Å²) in [5.41, 5.74) is 2.09. The van der Waals surface area contributed by atoms with Crippen LogP contribution in [0.4, 0.5) is 0 Å². The largest absolute Gasteiger partial charge is 0.259 e. The average molecular weight is 188 g/mol. The van der Waals surface area contributed by atoms with E-state index in [1.807, 2.05) is 12.3 Å². The molecule has 74 valence electrons. The molecule has 0 saturated carbocycles. The second kappa shape index (κ2) is 4.18. The summed E-state index contributed by atoms with van der Waals surface area (Å²) in [4.78, 5) is 8.56. The first-order chi connectivity index (χ1) is 6.27. The van der Waals surface area contributed by atoms with E-state index in [4.69, 9.17) is 0 Å². The molecule has 0 N–H and O–H groups in total. The van der Waals surface area contributed by atoms with Gasteiger partial charge in [-0.1, -0.05) is 27.3 Å². The summed E-state index contributed by atoms with van der Waals surface area (Å²) < 4.78 is 0. The third-order valence-corrected chi connectivity index (χ3v) is 2.10. The van der Waals surface area contributed by atoms with Crippen LogP contribution in [0.2, 0.25) is 0 Å². The molecule has 2 nitrogen and oxygen atoms in total. The molecular formula is C12H16N2. The molecule has 0 aromatic carbocycles. The lowest BCUT2D eigenvalue weighted by atomic mass is 10.1. The molecule has 2 rings (SSSR count). The van der Waals surface area contributed by atoms with Crippen molar-refractivity contribution >= 4 is 10.9 Å². The Kier molecular flexibility index (Phi) is 3.18. The lowest BCUT2D eigenvalue weighted by Crippen LogP contribution is -1.92. The third kappa shape index (κ3) is 1.90. The zero-order valence-electron chi connectivity index (χ0n) is 7.86. The maximum absolute atomic E-state index is 4.34. The van der Waals surface area contributed by atoms with Crippen LogP contribution in [0, 0.1) is 0 Å². The summed E-state index contributed by atoms with van der Waals surface area (Å²) in [6.45, 7) is 4.29. The Morgan fingerprint density at radius 2 is 2.00 bits per heavy atom. The molecule has 0 spiro atoms. The molecule has 0 radical (unpaired) electrons. The SMILES string of the molecule is C.CC(C)c1cc2cccnc2cn1. The van der Waals surface area contributed by atoms with Crippen LogP contribution in [0.25, 0.3) is 10.9 Å². The number of rotatable bonds is 1. The van der Waals surface area contributed by atoms with Crippen molar-refractivity contribution in [2.24, 2.45) is 0 Å². The Morgan fingerprint density at radius 3 is 2.71 bits per heavy atom. The molecule has 0 amide bonds. The summed E-state index contributed by atoms with van der Waals surface area (Å²) in [6, 6.07) is 6.12. The molecule has 14 heavy (non-hydrogen) atoms. The molecule has 2 heteroatoms. The first-order valence-corrected chi connectivity index (χ1v) is 4.48. The van der Waals surface area contributed by atoms with E-state index >= 15 is 0 Å². The van der Waals surface area contributed by atoms with Gasteiger partial charge in [0.15, 0.2) is 0 Å². The van der Waals surface area contributed by atoms with Gasteiger partial charge in [0.2, 0.25) is 0 Å². The molecule has 0 bridgehead atoms. The topological polar surface area (TPSA) is 25.8 Å². The highest BCUT2D eigenvalue weighted by atomic mass is 14.7. The van der Waals surface area contributed by atoms with E-state index in [1.54, 1.807) is 6.20 Å². The van der Waals surface area contributed by atoms with Crippen molar-refractivity contribution in [1.29, 1.82) is 0 Å². The van der Waals surface area contributed by atoms with Crippen molar-refractivity contribution in [1.82, 2.24) is 9.97 Å². The van der Waals surface area contributed by atoms with Crippen molar-refractivity contribution in [2.45, 2.75) is 27.2 Å². The molecular weight excluding hydrogens is 172 g/mol. The van der Waals surface area contributed by atoms with Crippen molar-refractivity contribution in [3.05, 3.63) is 36.3 Å². The van der Waals surface area contributed by atoms with Crippen LogP contribution in [0.3, 0.4) is 0 Å². The van der Waals surface area contributed by atoms with Gasteiger partial charge in [0.25, 0.3) is 0 Å². The number of fused-ring (bicyclic) bond motifs is 1. The van der Waals surface area contributed by atoms with Gasteiger partial charge in [0.1, 0.15) is 0 Å². The molecule has 0 unspecified atom stereocenters. The fourth-order valence-corrected chi connectivity index (χ4v) is 1.31. The molecule has 0 fully saturated rings. The number of hydrogen-bond donors (Lipinski definition) is 0. The lowest BCUT2D eigenvalue weighted by Gasteiger charge is -2.04. The van der Waals surface area contributed by atoms with Gasteiger partial charge in [0, 0.05) is 17.3 Å². The standard InChI is InChI=1S/C11H12N2.CH4/c1-8(2)10-6-9-4-3-5-12-11(9)7-13-10;/h3-8H,1-2H3;1H4. The van der Waals surface area contributed by atoms with Gasteiger partial charge in [-0.05, 0) is 18.1 Å². The predicted octanol–water partition coefficient (Wildman–Crippen LogP) is 3.39. The molecule has 2 heterocycles. The summed E-state index contributed by atoms with van der Waals surface area (Å²) in [5, 5.41) is 1.17. The van der Waals surface area contributed by atoms with Crippen LogP contribution in [0.1, 0.15) is 32.9 Å². The predicted molar refractivity (Wildman–Crippen MR) is 60.4 cm³/mol. The Hall–Kier alpha value is -1.44. The molecule has 0 atom stereocenters. The average Bonchev–Trinajstić information content (AvgIpc) is 2.17. The van der Waals surface area contributed by atoms with Gasteiger partial charge in [-0.2, -0.15) is 0 Å². The van der Waals surface area contributed by atoms with Crippen molar-refractivity contribution in [3.63, 3.8) is 0 Å². The zero-order valence-corrected chi connectivity index (χ0v) is 7.86. The highest BCUT2D eigenvalue weighted by molar-refractivity contribution is 5.77. The first-order valence-electron chi connectivity index (χ1n) is 4.48. The van der Waals surface area contributed by atoms with E-state index in [-0.39, 0.29) is 7.43 Å². The minimum atomic E-state index is 0. The van der Waals surface area contributed by atoms with E-state index < -0.39 is 0 Å². The number of nitrogens with zero attached hydrogens (tertiary/aromatic N) is 2. The van der Waals surface area contributed by atoms with E-state index in [2.05, 4.69) is 35.9 Å². The normalized spacial score (nSPS) is 10.2. The van der Waals surface area contributed by atoms with Gasteiger partial charge >= 0.3 is 0 Å². The molecule has 0 aliphatic heterocycles. The van der Waals surface area contributed by atoms with Crippen LogP contribution in [-0.4, -0.2) is 9.97 Å². The Bertz CT molecular complexity index is 421. The Labute approximate surface area is 85.0 Å². The van der Waals surface area contributed by atoms with Crippen molar-refractivity contribution in [3.8, 4) is 0 Å². The molecule has 0 saturated heterocycles. The second-order valence-electron chi connectivity index (χ2n) is 3.46. The van der Waals surface area contributed by atoms with Crippen LogP contribution in [0.15, 0.2) is 30.6 Å². The maximum atomic E-state index is 4.34. The number of hydrogen-bond acceptors (Lipinski definition) is 2. The monoisotopic (exact) mass is 188 g/mol. The molecule has 2 aromatic heterocycles. The summed E-state index contributed by atoms with van der Waals surface area (Å²) in [5.74, 6) is 0.476. The highest BCUT2D eigenvalue weighted by Gasteiger charge is 2.01. The van der Waals surface area contributed by atoms with Crippen molar-refractivity contribution < 1.29 is 0 Å². The second-order valence-corrected chi connectivity index (χ2v) is 3.46. The number of aromatic nitrogens is 2. The van der Waals surface area contributed by atoms with E-state index in [0.29, 0.717) is 5.92 Å². The summed E-state index contributed by atoms with van der Waals surface area (Å²) >= 11 is 0. The minimum Gasteiger partial charge on any atom is -0.259 e. The van der Waals surface area contributed by atoms with Gasteiger partial charge < -0.3 is 0 Å². The maximum Gasteiger partial charge on any atom is 0.0885 e. The molecule has 0 aliphatic carbocycles. The van der Waals surface area contributed by atoms with Crippen LogP contribution < -0.4 is 0 Å². The minimum absolute atomic E-state index is 0. The Morgan fingerprint density at radius 1 is 1.21 bits per heavy atom. The lowest BCUT2D eigenvalue weighted by molar-refractivity contribution is 0.826.